The summed E-state index contributed by atoms with van der Waals surface area (Å²) in [4.78, 5) is -0.719. The van der Waals surface area contributed by atoms with Gasteiger partial charge in [-0.3, -0.25) is 4.55 Å². The van der Waals surface area contributed by atoms with E-state index in [2.05, 4.69) is 0 Å². The number of phenolic OH excluding ortho intramolecular Hbond substituents is 1. The van der Waals surface area contributed by atoms with Crippen molar-refractivity contribution in [3.63, 3.8) is 0 Å². The van der Waals surface area contributed by atoms with Crippen molar-refractivity contribution in [3.8, 4) is 5.75 Å². The molecule has 0 amide bonds. The van der Waals surface area contributed by atoms with Crippen LogP contribution in [0.25, 0.3) is 0 Å². The van der Waals surface area contributed by atoms with Crippen molar-refractivity contribution in [1.29, 1.82) is 0 Å². The predicted octanol–water partition coefficient (Wildman–Crippen LogP) is 2.60. The Balaban J connectivity index is 3.70. The molecule has 0 spiro atoms. The second kappa shape index (κ2) is 3.75. The first-order chi connectivity index (χ1) is 6.25. The first-order valence-electron chi connectivity index (χ1n) is 3.09. The quantitative estimate of drug-likeness (QED) is 0.611. The molecule has 4 nitrogen and oxygen atoms in total. The Morgan fingerprint density at radius 2 is 1.64 bits per heavy atom. The van der Waals surface area contributed by atoms with Gasteiger partial charge >= 0.3 is 0 Å². The smallest absolute Gasteiger partial charge is 0.297 e. The molecule has 14 heavy (non-hydrogen) atoms. The van der Waals surface area contributed by atoms with Crippen LogP contribution >= 0.6 is 34.8 Å². The molecule has 0 radical (unpaired) electrons. The third-order valence-corrected chi connectivity index (χ3v) is 3.67. The molecule has 1 rings (SSSR count). The van der Waals surface area contributed by atoms with Gasteiger partial charge in [0, 0.05) is 6.07 Å². The van der Waals surface area contributed by atoms with E-state index >= 15 is 0 Å². The fourth-order valence-corrected chi connectivity index (χ4v) is 2.67. The van der Waals surface area contributed by atoms with Gasteiger partial charge in [-0.05, 0) is 0 Å². The molecular formula is C6H3Cl3O4S. The van der Waals surface area contributed by atoms with Gasteiger partial charge in [-0.1, -0.05) is 34.8 Å². The lowest BCUT2D eigenvalue weighted by atomic mass is 10.3. The molecule has 8 heteroatoms. The number of aromatic hydroxyl groups is 1. The summed E-state index contributed by atoms with van der Waals surface area (Å²) in [6.45, 7) is 0. The van der Waals surface area contributed by atoms with Crippen molar-refractivity contribution in [1.82, 2.24) is 0 Å². The van der Waals surface area contributed by atoms with Gasteiger partial charge in [-0.15, -0.1) is 0 Å². The maximum Gasteiger partial charge on any atom is 0.297 e. The van der Waals surface area contributed by atoms with Gasteiger partial charge in [0.05, 0.1) is 10.0 Å². The van der Waals surface area contributed by atoms with Gasteiger partial charge in [-0.25, -0.2) is 0 Å². The SMILES string of the molecule is O=S(=O)(O)c1c(Cl)cc(O)c(Cl)c1Cl. The van der Waals surface area contributed by atoms with E-state index in [-0.39, 0.29) is 5.02 Å². The highest BCUT2D eigenvalue weighted by Gasteiger charge is 2.23. The fourth-order valence-electron chi connectivity index (χ4n) is 0.802. The zero-order chi connectivity index (χ0) is 11.1. The molecule has 0 saturated heterocycles. The minimum Gasteiger partial charge on any atom is -0.506 e. The Bertz CT molecular complexity index is 482. The lowest BCUT2D eigenvalue weighted by Crippen LogP contribution is -2.00. The van der Waals surface area contributed by atoms with Crippen LogP contribution in [0.5, 0.6) is 5.75 Å². The average molecular weight is 278 g/mol. The van der Waals surface area contributed by atoms with Gasteiger partial charge in [0.25, 0.3) is 10.1 Å². The van der Waals surface area contributed by atoms with Crippen LogP contribution < -0.4 is 0 Å². The van der Waals surface area contributed by atoms with E-state index in [4.69, 9.17) is 44.5 Å². The molecule has 0 unspecified atom stereocenters. The summed E-state index contributed by atoms with van der Waals surface area (Å²) in [5.74, 6) is -0.464. The van der Waals surface area contributed by atoms with Crippen LogP contribution in [0, 0.1) is 0 Å². The van der Waals surface area contributed by atoms with Crippen LogP contribution in [0.4, 0.5) is 0 Å². The van der Waals surface area contributed by atoms with Gasteiger partial charge in [0.1, 0.15) is 15.7 Å². The molecule has 0 fully saturated rings. The summed E-state index contributed by atoms with van der Waals surface area (Å²) < 4.78 is 30.3. The number of rotatable bonds is 1. The molecule has 0 atom stereocenters. The minimum absolute atomic E-state index is 0.385. The molecular weight excluding hydrogens is 274 g/mol. The van der Waals surface area contributed by atoms with Crippen molar-refractivity contribution < 1.29 is 18.1 Å². The summed E-state index contributed by atoms with van der Waals surface area (Å²) in [5.41, 5.74) is 0. The van der Waals surface area contributed by atoms with Crippen LogP contribution in [0.1, 0.15) is 0 Å². The molecule has 0 heterocycles. The Hall–Kier alpha value is -0.200. The van der Waals surface area contributed by atoms with Crippen LogP contribution in [0.3, 0.4) is 0 Å². The first-order valence-corrected chi connectivity index (χ1v) is 5.66. The number of phenols is 1. The minimum atomic E-state index is -4.56. The number of benzene rings is 1. The predicted molar refractivity (Wildman–Crippen MR) is 53.0 cm³/mol. The summed E-state index contributed by atoms with van der Waals surface area (Å²) in [6, 6.07) is 0.874. The highest BCUT2D eigenvalue weighted by molar-refractivity contribution is 7.86. The number of hydrogen-bond donors (Lipinski definition) is 2. The van der Waals surface area contributed by atoms with E-state index in [0.29, 0.717) is 0 Å². The Kier molecular flexibility index (Phi) is 3.18. The van der Waals surface area contributed by atoms with Gasteiger partial charge in [0.15, 0.2) is 0 Å². The Morgan fingerprint density at radius 3 is 2.07 bits per heavy atom. The van der Waals surface area contributed by atoms with Gasteiger partial charge in [-0.2, -0.15) is 8.42 Å². The van der Waals surface area contributed by atoms with Crippen molar-refractivity contribution in [2.45, 2.75) is 4.90 Å². The van der Waals surface area contributed by atoms with E-state index in [9.17, 15) is 8.42 Å². The van der Waals surface area contributed by atoms with E-state index in [0.717, 1.165) is 6.07 Å². The molecule has 0 saturated carbocycles. The Morgan fingerprint density at radius 1 is 1.14 bits per heavy atom. The molecule has 78 valence electrons. The molecule has 1 aromatic rings. The standard InChI is InChI=1S/C6H3Cl3O4S/c7-2-1-3(10)4(8)5(9)6(2)14(11,12)13/h1,10H,(H,11,12,13). The van der Waals surface area contributed by atoms with E-state index in [1.54, 1.807) is 0 Å². The molecule has 0 bridgehead atoms. The number of halogens is 3. The molecule has 0 aliphatic rings. The van der Waals surface area contributed by atoms with Gasteiger partial charge < -0.3 is 5.11 Å². The maximum absolute atomic E-state index is 10.8. The zero-order valence-corrected chi connectivity index (χ0v) is 9.41. The monoisotopic (exact) mass is 276 g/mol. The number of hydrogen-bond acceptors (Lipinski definition) is 3. The second-order valence-electron chi connectivity index (χ2n) is 2.31. The largest absolute Gasteiger partial charge is 0.506 e. The zero-order valence-electron chi connectivity index (χ0n) is 6.33. The third kappa shape index (κ3) is 2.07. The van der Waals surface area contributed by atoms with Crippen molar-refractivity contribution >= 4 is 44.9 Å². The summed E-state index contributed by atoms with van der Waals surface area (Å²) in [5, 5.41) is 7.79. The molecule has 0 aromatic heterocycles. The first kappa shape index (κ1) is 11.9. The highest BCUT2D eigenvalue weighted by atomic mass is 35.5. The van der Waals surface area contributed by atoms with Crippen LogP contribution in [-0.2, 0) is 10.1 Å². The van der Waals surface area contributed by atoms with Gasteiger partial charge in [0.2, 0.25) is 0 Å². The summed E-state index contributed by atoms with van der Waals surface area (Å²) in [6.07, 6.45) is 0. The van der Waals surface area contributed by atoms with Crippen LogP contribution in [0.15, 0.2) is 11.0 Å². The summed E-state index contributed by atoms with van der Waals surface area (Å²) >= 11 is 16.4. The molecule has 2 N–H and O–H groups in total. The average Bonchev–Trinajstić information content (AvgIpc) is 1.97. The van der Waals surface area contributed by atoms with E-state index < -0.39 is 30.8 Å². The maximum atomic E-state index is 10.8. The van der Waals surface area contributed by atoms with Crippen molar-refractivity contribution in [2.24, 2.45) is 0 Å². The highest BCUT2D eigenvalue weighted by Crippen LogP contribution is 2.40. The lowest BCUT2D eigenvalue weighted by molar-refractivity contribution is 0.473. The summed E-state index contributed by atoms with van der Waals surface area (Å²) in [7, 11) is -4.56. The molecule has 1 aromatic carbocycles. The lowest BCUT2D eigenvalue weighted by Gasteiger charge is -2.06. The van der Waals surface area contributed by atoms with Crippen molar-refractivity contribution in [2.75, 3.05) is 0 Å². The fraction of sp³-hybridized carbons (Fsp3) is 0. The molecule has 0 aliphatic carbocycles. The second-order valence-corrected chi connectivity index (χ2v) is 4.83. The van der Waals surface area contributed by atoms with Crippen LogP contribution in [-0.4, -0.2) is 18.1 Å². The van der Waals surface area contributed by atoms with Crippen molar-refractivity contribution in [3.05, 3.63) is 21.1 Å². The van der Waals surface area contributed by atoms with Crippen LogP contribution in [0.2, 0.25) is 15.1 Å². The van der Waals surface area contributed by atoms with E-state index in [1.807, 2.05) is 0 Å². The Labute approximate surface area is 94.8 Å². The third-order valence-electron chi connectivity index (χ3n) is 1.36. The van der Waals surface area contributed by atoms with E-state index in [1.165, 1.54) is 0 Å². The topological polar surface area (TPSA) is 74.6 Å². The normalized spacial score (nSPS) is 11.7. The molecule has 0 aliphatic heterocycles.